The Balaban J connectivity index is 1.95. The predicted octanol–water partition coefficient (Wildman–Crippen LogP) is 0.274. The zero-order valence-electron chi connectivity index (χ0n) is 13.3. The molecule has 1 fully saturated rings. The van der Waals surface area contributed by atoms with Crippen LogP contribution in [0.2, 0.25) is 0 Å². The molecule has 1 aromatic rings. The van der Waals surface area contributed by atoms with Crippen LogP contribution >= 0.6 is 0 Å². The Hall–Kier alpha value is -1.87. The summed E-state index contributed by atoms with van der Waals surface area (Å²) in [5.74, 6) is 0.662. The molecule has 1 aliphatic rings. The zero-order valence-corrected chi connectivity index (χ0v) is 14.1. The number of nitrogens with zero attached hydrogens (tertiary/aromatic N) is 4. The Bertz CT molecular complexity index is 619. The fraction of sp³-hybridized carbons (Fsp3) is 0.571. The van der Waals surface area contributed by atoms with Crippen LogP contribution in [0.5, 0.6) is 0 Å². The van der Waals surface area contributed by atoms with Crippen molar-refractivity contribution in [2.24, 2.45) is 4.99 Å². The van der Waals surface area contributed by atoms with Crippen molar-refractivity contribution in [1.29, 1.82) is 0 Å². The molecule has 128 valence electrons. The van der Waals surface area contributed by atoms with Crippen LogP contribution in [0, 0.1) is 0 Å². The molecule has 0 bridgehead atoms. The predicted molar refractivity (Wildman–Crippen MR) is 88.4 cm³/mol. The minimum Gasteiger partial charge on any atom is -0.364 e. The van der Waals surface area contributed by atoms with Crippen molar-refractivity contribution < 1.29 is 12.9 Å². The molecule has 1 aliphatic heterocycles. The standard InChI is InChI=1S/C14H23N5O3S/c1-3-6-16-14(15-4-2)18-7-9-19(10-8-18)23(20,21)12-13-5-11-22-17-13/h3,5,11H,1,4,6-10,12H2,2H3,(H,15,16). The smallest absolute Gasteiger partial charge is 0.220 e. The maximum atomic E-state index is 12.4. The molecule has 0 saturated carbocycles. The lowest BCUT2D eigenvalue weighted by Gasteiger charge is -2.35. The molecule has 1 saturated heterocycles. The molecule has 2 rings (SSSR count). The van der Waals surface area contributed by atoms with Crippen molar-refractivity contribution in [2.45, 2.75) is 12.7 Å². The summed E-state index contributed by atoms with van der Waals surface area (Å²) < 4.78 is 31.0. The first kappa shape index (κ1) is 17.5. The monoisotopic (exact) mass is 341 g/mol. The molecular formula is C14H23N5O3S. The van der Waals surface area contributed by atoms with Crippen molar-refractivity contribution in [2.75, 3.05) is 39.3 Å². The van der Waals surface area contributed by atoms with Crippen molar-refractivity contribution in [3.05, 3.63) is 30.7 Å². The third-order valence-electron chi connectivity index (χ3n) is 3.46. The highest BCUT2D eigenvalue weighted by Crippen LogP contribution is 2.12. The van der Waals surface area contributed by atoms with Crippen molar-refractivity contribution in [3.8, 4) is 0 Å². The molecule has 0 aliphatic carbocycles. The second-order valence-corrected chi connectivity index (χ2v) is 7.09. The Morgan fingerprint density at radius 3 is 2.78 bits per heavy atom. The number of rotatable bonds is 6. The molecule has 0 aromatic carbocycles. The van der Waals surface area contributed by atoms with E-state index < -0.39 is 10.0 Å². The van der Waals surface area contributed by atoms with Crippen LogP contribution in [0.1, 0.15) is 12.6 Å². The molecule has 23 heavy (non-hydrogen) atoms. The van der Waals surface area contributed by atoms with E-state index in [4.69, 9.17) is 0 Å². The van der Waals surface area contributed by atoms with Gasteiger partial charge in [-0.25, -0.2) is 13.4 Å². The van der Waals surface area contributed by atoms with Gasteiger partial charge in [-0.3, -0.25) is 0 Å². The van der Waals surface area contributed by atoms with E-state index in [-0.39, 0.29) is 5.75 Å². The van der Waals surface area contributed by atoms with E-state index in [9.17, 15) is 8.42 Å². The number of nitrogens with one attached hydrogen (secondary N) is 1. The van der Waals surface area contributed by atoms with E-state index >= 15 is 0 Å². The van der Waals surface area contributed by atoms with Crippen LogP contribution in [0.3, 0.4) is 0 Å². The number of sulfonamides is 1. The Morgan fingerprint density at radius 1 is 1.48 bits per heavy atom. The first-order valence-electron chi connectivity index (χ1n) is 7.58. The van der Waals surface area contributed by atoms with Crippen molar-refractivity contribution in [3.63, 3.8) is 0 Å². The Morgan fingerprint density at radius 2 is 2.22 bits per heavy atom. The molecule has 0 atom stereocenters. The van der Waals surface area contributed by atoms with Crippen molar-refractivity contribution in [1.82, 2.24) is 19.7 Å². The summed E-state index contributed by atoms with van der Waals surface area (Å²) in [6.07, 6.45) is 3.11. The molecule has 1 N–H and O–H groups in total. The maximum absolute atomic E-state index is 12.4. The van der Waals surface area contributed by atoms with Gasteiger partial charge in [-0.05, 0) is 6.92 Å². The molecule has 9 heteroatoms. The molecule has 0 spiro atoms. The lowest BCUT2D eigenvalue weighted by molar-refractivity contribution is 0.260. The highest BCUT2D eigenvalue weighted by Gasteiger charge is 2.28. The summed E-state index contributed by atoms with van der Waals surface area (Å²) in [5.41, 5.74) is 0.424. The molecule has 0 radical (unpaired) electrons. The second-order valence-electron chi connectivity index (χ2n) is 5.12. The van der Waals surface area contributed by atoms with Gasteiger partial charge in [0.1, 0.15) is 12.0 Å². The van der Waals surface area contributed by atoms with Gasteiger partial charge in [0.15, 0.2) is 5.96 Å². The third kappa shape index (κ3) is 4.80. The van der Waals surface area contributed by atoms with Gasteiger partial charge < -0.3 is 14.7 Å². The average Bonchev–Trinajstić information content (AvgIpc) is 3.04. The van der Waals surface area contributed by atoms with Gasteiger partial charge in [0, 0.05) is 38.8 Å². The molecule has 1 aromatic heterocycles. The number of guanidine groups is 1. The summed E-state index contributed by atoms with van der Waals surface area (Å²) in [5, 5.41) is 6.88. The highest BCUT2D eigenvalue weighted by atomic mass is 32.2. The van der Waals surface area contributed by atoms with Gasteiger partial charge in [-0.2, -0.15) is 4.31 Å². The SMILES string of the molecule is C=CCN=C(NCC)N1CCN(S(=O)(=O)Cc2ccon2)CC1. The van der Waals surface area contributed by atoms with E-state index in [0.29, 0.717) is 38.4 Å². The summed E-state index contributed by atoms with van der Waals surface area (Å²) in [6.45, 7) is 9.02. The minimum absolute atomic E-state index is 0.131. The molecule has 0 amide bonds. The van der Waals surface area contributed by atoms with E-state index in [1.54, 1.807) is 12.1 Å². The third-order valence-corrected chi connectivity index (χ3v) is 5.27. The fourth-order valence-electron chi connectivity index (χ4n) is 2.35. The summed E-state index contributed by atoms with van der Waals surface area (Å²) in [6, 6.07) is 1.57. The van der Waals surface area contributed by atoms with E-state index in [1.165, 1.54) is 10.6 Å². The van der Waals surface area contributed by atoms with Gasteiger partial charge in [-0.15, -0.1) is 6.58 Å². The van der Waals surface area contributed by atoms with Gasteiger partial charge in [0.25, 0.3) is 0 Å². The van der Waals surface area contributed by atoms with Crippen LogP contribution < -0.4 is 5.32 Å². The Labute approximate surface area is 136 Å². The van der Waals surface area contributed by atoms with Crippen LogP contribution in [0.15, 0.2) is 34.5 Å². The van der Waals surface area contributed by atoms with Crippen LogP contribution in [0.25, 0.3) is 0 Å². The van der Waals surface area contributed by atoms with Crippen LogP contribution in [0.4, 0.5) is 0 Å². The quantitative estimate of drug-likeness (QED) is 0.454. The molecule has 8 nitrogen and oxygen atoms in total. The zero-order chi connectivity index (χ0) is 16.7. The van der Waals surface area contributed by atoms with Crippen molar-refractivity contribution >= 4 is 16.0 Å². The summed E-state index contributed by atoms with van der Waals surface area (Å²) in [7, 11) is -3.38. The number of hydrogen-bond acceptors (Lipinski definition) is 5. The number of aromatic nitrogens is 1. The maximum Gasteiger partial charge on any atom is 0.220 e. The fourth-order valence-corrected chi connectivity index (χ4v) is 3.77. The molecule has 0 unspecified atom stereocenters. The number of aliphatic imine (C=N–C) groups is 1. The average molecular weight is 341 g/mol. The number of piperazine rings is 1. The largest absolute Gasteiger partial charge is 0.364 e. The van der Waals surface area contributed by atoms with E-state index in [0.717, 1.165) is 12.5 Å². The Kier molecular flexibility index (Phi) is 6.17. The topological polar surface area (TPSA) is 91.0 Å². The van der Waals surface area contributed by atoms with Gasteiger partial charge in [0.05, 0.1) is 12.2 Å². The highest BCUT2D eigenvalue weighted by molar-refractivity contribution is 7.88. The number of hydrogen-bond donors (Lipinski definition) is 1. The second kappa shape index (κ2) is 8.11. The summed E-state index contributed by atoms with van der Waals surface area (Å²) in [4.78, 5) is 6.49. The van der Waals surface area contributed by atoms with E-state index in [2.05, 4.69) is 31.5 Å². The lowest BCUT2D eigenvalue weighted by atomic mass is 10.4. The first-order chi connectivity index (χ1) is 11.1. The molecule has 2 heterocycles. The van der Waals surface area contributed by atoms with Gasteiger partial charge >= 0.3 is 0 Å². The van der Waals surface area contributed by atoms with Gasteiger partial charge in [-0.1, -0.05) is 11.2 Å². The lowest BCUT2D eigenvalue weighted by Crippen LogP contribution is -2.53. The van der Waals surface area contributed by atoms with E-state index in [1.807, 2.05) is 6.92 Å². The minimum atomic E-state index is -3.38. The van der Waals surface area contributed by atoms with Crippen LogP contribution in [-0.2, 0) is 15.8 Å². The normalized spacial score (nSPS) is 17.3. The molecular weight excluding hydrogens is 318 g/mol. The van der Waals surface area contributed by atoms with Crippen LogP contribution in [-0.4, -0.2) is 68.0 Å². The van der Waals surface area contributed by atoms with Gasteiger partial charge in [0.2, 0.25) is 10.0 Å². The first-order valence-corrected chi connectivity index (χ1v) is 9.19. The summed E-state index contributed by atoms with van der Waals surface area (Å²) >= 11 is 0.